The molecule has 3 heterocycles. The zero-order chi connectivity index (χ0) is 20.9. The van der Waals surface area contributed by atoms with Crippen molar-refractivity contribution in [2.45, 2.75) is 26.2 Å². The molecule has 0 radical (unpaired) electrons. The number of aromatic nitrogens is 3. The summed E-state index contributed by atoms with van der Waals surface area (Å²) >= 11 is 0. The summed E-state index contributed by atoms with van der Waals surface area (Å²) in [5, 5.41) is 8.10. The van der Waals surface area contributed by atoms with E-state index in [2.05, 4.69) is 44.4 Å². The van der Waals surface area contributed by atoms with Crippen LogP contribution in [0.4, 0.5) is 5.82 Å². The number of nitrogens with one attached hydrogen (secondary N) is 1. The lowest BCUT2D eigenvalue weighted by atomic mass is 9.95. The molecule has 0 aliphatic carbocycles. The van der Waals surface area contributed by atoms with Crippen molar-refractivity contribution in [3.63, 3.8) is 0 Å². The number of rotatable bonds is 7. The molecule has 1 aromatic carbocycles. The highest BCUT2D eigenvalue weighted by molar-refractivity contribution is 5.98. The van der Waals surface area contributed by atoms with Crippen LogP contribution in [0.5, 0.6) is 0 Å². The number of amides is 1. The number of piperidine rings is 1. The fourth-order valence-electron chi connectivity index (χ4n) is 3.85. The summed E-state index contributed by atoms with van der Waals surface area (Å²) in [6, 6.07) is 8.17. The van der Waals surface area contributed by atoms with Gasteiger partial charge in [0.15, 0.2) is 0 Å². The third-order valence-corrected chi connectivity index (χ3v) is 5.57. The Balaban J connectivity index is 1.49. The van der Waals surface area contributed by atoms with Gasteiger partial charge in [-0.15, -0.1) is 0 Å². The Morgan fingerprint density at radius 1 is 1.23 bits per heavy atom. The maximum Gasteiger partial charge on any atom is 0.263 e. The van der Waals surface area contributed by atoms with E-state index in [1.165, 1.54) is 11.9 Å². The van der Waals surface area contributed by atoms with Crippen LogP contribution in [0.15, 0.2) is 35.1 Å². The van der Waals surface area contributed by atoms with Crippen LogP contribution >= 0.6 is 0 Å². The van der Waals surface area contributed by atoms with Crippen molar-refractivity contribution in [3.05, 3.63) is 36.2 Å². The zero-order valence-electron chi connectivity index (χ0n) is 17.4. The van der Waals surface area contributed by atoms with Crippen LogP contribution in [0.25, 0.3) is 22.4 Å². The average molecular weight is 409 g/mol. The molecule has 3 aromatic rings. The normalized spacial score (nSPS) is 14.9. The highest BCUT2D eigenvalue weighted by Gasteiger charge is 2.28. The Bertz CT molecular complexity index is 994. The van der Waals surface area contributed by atoms with Gasteiger partial charge in [-0.3, -0.25) is 4.79 Å². The molecule has 8 nitrogen and oxygen atoms in total. The summed E-state index contributed by atoms with van der Waals surface area (Å²) in [6.07, 6.45) is 3.91. The van der Waals surface area contributed by atoms with Crippen molar-refractivity contribution in [3.8, 4) is 11.3 Å². The minimum atomic E-state index is 0.0279. The van der Waals surface area contributed by atoms with E-state index in [0.717, 1.165) is 54.8 Å². The maximum atomic E-state index is 12.4. The van der Waals surface area contributed by atoms with Crippen molar-refractivity contribution in [1.29, 1.82) is 0 Å². The summed E-state index contributed by atoms with van der Waals surface area (Å²) in [7, 11) is 1.67. The first-order valence-electron chi connectivity index (χ1n) is 10.4. The summed E-state index contributed by atoms with van der Waals surface area (Å²) < 4.78 is 10.5. The highest BCUT2D eigenvalue weighted by atomic mass is 16.5. The van der Waals surface area contributed by atoms with Gasteiger partial charge in [0.05, 0.1) is 0 Å². The van der Waals surface area contributed by atoms with E-state index in [1.54, 1.807) is 7.11 Å². The fraction of sp³-hybridized carbons (Fsp3) is 0.455. The SMILES string of the molecule is COCCCNC(=O)C1CCN(c2ncnc3onc(-c4ccc(C)cc4)c23)CC1. The maximum absolute atomic E-state index is 12.4. The first-order chi connectivity index (χ1) is 14.7. The summed E-state index contributed by atoms with van der Waals surface area (Å²) in [4.78, 5) is 23.4. The number of hydrogen-bond donors (Lipinski definition) is 1. The molecule has 2 aromatic heterocycles. The van der Waals surface area contributed by atoms with Gasteiger partial charge in [-0.2, -0.15) is 4.98 Å². The number of anilines is 1. The topological polar surface area (TPSA) is 93.4 Å². The molecule has 1 amide bonds. The lowest BCUT2D eigenvalue weighted by Crippen LogP contribution is -2.41. The van der Waals surface area contributed by atoms with Crippen LogP contribution in [-0.2, 0) is 9.53 Å². The third-order valence-electron chi connectivity index (χ3n) is 5.57. The number of carbonyl (C=O) groups is 1. The Morgan fingerprint density at radius 3 is 2.73 bits per heavy atom. The first-order valence-corrected chi connectivity index (χ1v) is 10.4. The van der Waals surface area contributed by atoms with Gasteiger partial charge in [-0.1, -0.05) is 35.0 Å². The second kappa shape index (κ2) is 9.21. The van der Waals surface area contributed by atoms with E-state index in [4.69, 9.17) is 9.26 Å². The van der Waals surface area contributed by atoms with Gasteiger partial charge in [0, 0.05) is 44.8 Å². The van der Waals surface area contributed by atoms with Gasteiger partial charge < -0.3 is 19.5 Å². The van der Waals surface area contributed by atoms with Crippen LogP contribution in [-0.4, -0.2) is 54.4 Å². The van der Waals surface area contributed by atoms with Gasteiger partial charge in [-0.25, -0.2) is 4.98 Å². The number of ether oxygens (including phenoxy) is 1. The lowest BCUT2D eigenvalue weighted by Gasteiger charge is -2.32. The van der Waals surface area contributed by atoms with Crippen LogP contribution in [0, 0.1) is 12.8 Å². The molecule has 1 saturated heterocycles. The second-order valence-electron chi connectivity index (χ2n) is 7.67. The summed E-state index contributed by atoms with van der Waals surface area (Å²) in [5.41, 5.74) is 3.39. The Labute approximate surface area is 175 Å². The van der Waals surface area contributed by atoms with E-state index in [1.807, 2.05) is 12.1 Å². The van der Waals surface area contributed by atoms with E-state index in [-0.39, 0.29) is 11.8 Å². The Morgan fingerprint density at radius 2 is 2.00 bits per heavy atom. The number of hydrogen-bond acceptors (Lipinski definition) is 7. The number of fused-ring (bicyclic) bond motifs is 1. The Hall–Kier alpha value is -3.00. The summed E-state index contributed by atoms with van der Waals surface area (Å²) in [6.45, 7) is 4.86. The number of benzene rings is 1. The predicted octanol–water partition coefficient (Wildman–Crippen LogP) is 2.96. The molecule has 4 rings (SSSR count). The quantitative estimate of drug-likeness (QED) is 0.600. The molecule has 1 N–H and O–H groups in total. The molecule has 1 aliphatic rings. The van der Waals surface area contributed by atoms with E-state index in [9.17, 15) is 4.79 Å². The van der Waals surface area contributed by atoms with Gasteiger partial charge in [-0.05, 0) is 26.2 Å². The van der Waals surface area contributed by atoms with Crippen molar-refractivity contribution in [1.82, 2.24) is 20.4 Å². The van der Waals surface area contributed by atoms with Gasteiger partial charge in [0.25, 0.3) is 5.71 Å². The molecule has 8 heteroatoms. The van der Waals surface area contributed by atoms with Gasteiger partial charge >= 0.3 is 0 Å². The van der Waals surface area contributed by atoms with E-state index in [0.29, 0.717) is 18.9 Å². The number of methoxy groups -OCH3 is 1. The van der Waals surface area contributed by atoms with Crippen LogP contribution in [0.2, 0.25) is 0 Å². The molecule has 0 bridgehead atoms. The molecule has 0 atom stereocenters. The van der Waals surface area contributed by atoms with Crippen molar-refractivity contribution in [2.75, 3.05) is 38.3 Å². The minimum Gasteiger partial charge on any atom is -0.385 e. The fourth-order valence-corrected chi connectivity index (χ4v) is 3.85. The monoisotopic (exact) mass is 409 g/mol. The van der Waals surface area contributed by atoms with Crippen LogP contribution in [0.3, 0.4) is 0 Å². The molecule has 158 valence electrons. The molecule has 0 saturated carbocycles. The molecule has 0 spiro atoms. The first kappa shape index (κ1) is 20.3. The minimum absolute atomic E-state index is 0.0279. The second-order valence-corrected chi connectivity index (χ2v) is 7.67. The van der Waals surface area contributed by atoms with E-state index >= 15 is 0 Å². The third kappa shape index (κ3) is 4.28. The Kier molecular flexibility index (Phi) is 6.23. The van der Waals surface area contributed by atoms with Crippen LogP contribution < -0.4 is 10.2 Å². The van der Waals surface area contributed by atoms with Gasteiger partial charge in [0.2, 0.25) is 5.91 Å². The zero-order valence-corrected chi connectivity index (χ0v) is 17.4. The average Bonchev–Trinajstić information content (AvgIpc) is 3.22. The lowest BCUT2D eigenvalue weighted by molar-refractivity contribution is -0.125. The van der Waals surface area contributed by atoms with Crippen molar-refractivity contribution >= 4 is 22.8 Å². The number of aryl methyl sites for hydroxylation is 1. The van der Waals surface area contributed by atoms with Crippen molar-refractivity contribution < 1.29 is 14.1 Å². The molecule has 0 unspecified atom stereocenters. The predicted molar refractivity (Wildman–Crippen MR) is 114 cm³/mol. The highest BCUT2D eigenvalue weighted by Crippen LogP contribution is 2.34. The molecule has 1 aliphatic heterocycles. The van der Waals surface area contributed by atoms with Crippen molar-refractivity contribution in [2.24, 2.45) is 5.92 Å². The standard InChI is InChI=1S/C22H27N5O3/c1-15-4-6-16(7-5-15)19-18-20(24-14-25-22(18)30-26-19)27-11-8-17(9-12-27)21(28)23-10-3-13-29-2/h4-7,14,17H,3,8-13H2,1-2H3,(H,23,28). The summed E-state index contributed by atoms with van der Waals surface area (Å²) in [5.74, 6) is 0.972. The van der Waals surface area contributed by atoms with E-state index < -0.39 is 0 Å². The largest absolute Gasteiger partial charge is 0.385 e. The number of carbonyl (C=O) groups excluding carboxylic acids is 1. The van der Waals surface area contributed by atoms with Gasteiger partial charge in [0.1, 0.15) is 23.2 Å². The molecular weight excluding hydrogens is 382 g/mol. The molecule has 30 heavy (non-hydrogen) atoms. The van der Waals surface area contributed by atoms with Crippen LogP contribution in [0.1, 0.15) is 24.8 Å². The smallest absolute Gasteiger partial charge is 0.263 e. The molecule has 1 fully saturated rings. The number of nitrogens with zero attached hydrogens (tertiary/aromatic N) is 4. The molecular formula is C22H27N5O3.